The Bertz CT molecular complexity index is 489. The average Bonchev–Trinajstić information content (AvgIpc) is 2.32. The molecule has 0 saturated carbocycles. The number of ether oxygens (including phenoxy) is 1. The maximum absolute atomic E-state index is 13.5. The van der Waals surface area contributed by atoms with Crippen LogP contribution in [0.25, 0.3) is 0 Å². The molecule has 0 spiro atoms. The highest BCUT2D eigenvalue weighted by molar-refractivity contribution is 5.69. The molecule has 2 rings (SSSR count). The second-order valence-electron chi connectivity index (χ2n) is 3.76. The maximum atomic E-state index is 13.5. The summed E-state index contributed by atoms with van der Waals surface area (Å²) in [7, 11) is 0. The first kappa shape index (κ1) is 12.2. The predicted octanol–water partition coefficient (Wildman–Crippen LogP) is 2.01. The van der Waals surface area contributed by atoms with Crippen LogP contribution in [0.4, 0.5) is 19.3 Å². The van der Waals surface area contributed by atoms with Gasteiger partial charge in [-0.3, -0.25) is 10.1 Å². The Morgan fingerprint density at radius 3 is 2.56 bits per heavy atom. The zero-order valence-corrected chi connectivity index (χ0v) is 8.93. The summed E-state index contributed by atoms with van der Waals surface area (Å²) >= 11 is 0. The molecule has 18 heavy (non-hydrogen) atoms. The van der Waals surface area contributed by atoms with Gasteiger partial charge in [-0.15, -0.1) is 0 Å². The van der Waals surface area contributed by atoms with Gasteiger partial charge in [0, 0.05) is 12.1 Å². The number of carbonyl (C=O) groups is 1. The Hall–Kier alpha value is -2.25. The smallest absolute Gasteiger partial charge is 0.408 e. The number of alkyl carbamates (subject to hydrolysis) is 1. The van der Waals surface area contributed by atoms with Gasteiger partial charge in [0.05, 0.1) is 4.92 Å². The van der Waals surface area contributed by atoms with E-state index in [9.17, 15) is 23.7 Å². The molecule has 1 atom stereocenters. The van der Waals surface area contributed by atoms with Crippen LogP contribution in [0.1, 0.15) is 11.6 Å². The standard InChI is InChI=1S/C10H8F2N2O4/c11-10(12)5-18-9(15)13-8(10)6-1-3-7(4-2-6)14(16)17/h1-4,8H,5H2,(H,13,15)/t8-/m1/s1. The van der Waals surface area contributed by atoms with Gasteiger partial charge in [0.1, 0.15) is 6.04 Å². The SMILES string of the molecule is O=C1N[C@H](c2ccc([N+](=O)[O-])cc2)C(F)(F)CO1. The van der Waals surface area contributed by atoms with Crippen LogP contribution >= 0.6 is 0 Å². The lowest BCUT2D eigenvalue weighted by atomic mass is 10.00. The predicted molar refractivity (Wildman–Crippen MR) is 55.3 cm³/mol. The first-order chi connectivity index (χ1) is 8.40. The monoisotopic (exact) mass is 258 g/mol. The third kappa shape index (κ3) is 2.22. The lowest BCUT2D eigenvalue weighted by Crippen LogP contribution is -2.49. The molecule has 8 heteroatoms. The summed E-state index contributed by atoms with van der Waals surface area (Å²) in [5.74, 6) is -3.26. The van der Waals surface area contributed by atoms with Gasteiger partial charge in [0.2, 0.25) is 0 Å². The number of amides is 1. The third-order valence-corrected chi connectivity index (χ3v) is 2.52. The van der Waals surface area contributed by atoms with Gasteiger partial charge in [-0.25, -0.2) is 13.6 Å². The topological polar surface area (TPSA) is 81.5 Å². The van der Waals surface area contributed by atoms with Crippen molar-refractivity contribution >= 4 is 11.8 Å². The number of nitrogens with zero attached hydrogens (tertiary/aromatic N) is 1. The zero-order valence-electron chi connectivity index (χ0n) is 8.93. The number of hydrogen-bond acceptors (Lipinski definition) is 4. The zero-order chi connectivity index (χ0) is 13.3. The number of rotatable bonds is 2. The lowest BCUT2D eigenvalue weighted by molar-refractivity contribution is -0.384. The quantitative estimate of drug-likeness (QED) is 0.649. The summed E-state index contributed by atoms with van der Waals surface area (Å²) in [4.78, 5) is 20.7. The Morgan fingerprint density at radius 2 is 2.00 bits per heavy atom. The van der Waals surface area contributed by atoms with Gasteiger partial charge in [-0.1, -0.05) is 0 Å². The van der Waals surface area contributed by atoms with E-state index in [2.05, 4.69) is 4.74 Å². The third-order valence-electron chi connectivity index (χ3n) is 2.52. The van der Waals surface area contributed by atoms with Gasteiger partial charge in [0.15, 0.2) is 6.61 Å². The number of cyclic esters (lactones) is 1. The van der Waals surface area contributed by atoms with E-state index in [-0.39, 0.29) is 11.3 Å². The Kier molecular flexibility index (Phi) is 2.85. The Morgan fingerprint density at radius 1 is 1.39 bits per heavy atom. The van der Waals surface area contributed by atoms with E-state index < -0.39 is 29.6 Å². The van der Waals surface area contributed by atoms with Gasteiger partial charge in [-0.2, -0.15) is 0 Å². The number of nitro benzene ring substituents is 1. The molecule has 1 aromatic carbocycles. The molecular weight excluding hydrogens is 250 g/mol. The molecule has 0 aliphatic carbocycles. The van der Waals surface area contributed by atoms with Crippen molar-refractivity contribution < 1.29 is 23.2 Å². The largest absolute Gasteiger partial charge is 0.443 e. The molecule has 1 aliphatic heterocycles. The molecule has 1 heterocycles. The van der Waals surface area contributed by atoms with Crippen molar-refractivity contribution in [3.8, 4) is 0 Å². The summed E-state index contributed by atoms with van der Waals surface area (Å²) in [6.07, 6.45) is -0.940. The van der Waals surface area contributed by atoms with Crippen LogP contribution in [0.5, 0.6) is 0 Å². The van der Waals surface area contributed by atoms with Crippen molar-refractivity contribution in [3.05, 3.63) is 39.9 Å². The minimum absolute atomic E-state index is 0.0854. The lowest BCUT2D eigenvalue weighted by Gasteiger charge is -2.31. The number of nitro groups is 1. The summed E-state index contributed by atoms with van der Waals surface area (Å²) in [5.41, 5.74) is -0.122. The number of alkyl halides is 2. The molecule has 1 aliphatic rings. The van der Waals surface area contributed by atoms with Crippen LogP contribution in [-0.4, -0.2) is 23.5 Å². The fourth-order valence-corrected chi connectivity index (χ4v) is 1.63. The van der Waals surface area contributed by atoms with E-state index in [0.717, 1.165) is 12.1 Å². The Balaban J connectivity index is 2.28. The molecule has 1 saturated heterocycles. The fraction of sp³-hybridized carbons (Fsp3) is 0.300. The van der Waals surface area contributed by atoms with Crippen LogP contribution < -0.4 is 5.32 Å². The molecule has 1 fully saturated rings. The number of hydrogen-bond donors (Lipinski definition) is 1. The van der Waals surface area contributed by atoms with Crippen LogP contribution in [-0.2, 0) is 4.74 Å². The Labute approximate surface area is 99.7 Å². The van der Waals surface area contributed by atoms with Crippen molar-refractivity contribution in [2.45, 2.75) is 12.0 Å². The number of nitrogens with one attached hydrogen (secondary N) is 1. The van der Waals surface area contributed by atoms with E-state index in [0.29, 0.717) is 0 Å². The molecule has 1 N–H and O–H groups in total. The number of non-ortho nitro benzene ring substituents is 1. The first-order valence-electron chi connectivity index (χ1n) is 4.95. The maximum Gasteiger partial charge on any atom is 0.408 e. The molecule has 0 bridgehead atoms. The van der Waals surface area contributed by atoms with Crippen molar-refractivity contribution in [2.24, 2.45) is 0 Å². The van der Waals surface area contributed by atoms with E-state index in [1.54, 1.807) is 0 Å². The molecule has 96 valence electrons. The van der Waals surface area contributed by atoms with Crippen molar-refractivity contribution in [1.29, 1.82) is 0 Å². The van der Waals surface area contributed by atoms with Gasteiger partial charge >= 0.3 is 12.0 Å². The summed E-state index contributed by atoms with van der Waals surface area (Å²) in [6.45, 7) is -1.01. The highest BCUT2D eigenvalue weighted by atomic mass is 19.3. The van der Waals surface area contributed by atoms with Gasteiger partial charge < -0.3 is 10.1 Å². The first-order valence-corrected chi connectivity index (χ1v) is 4.95. The molecule has 0 radical (unpaired) electrons. The van der Waals surface area contributed by atoms with Crippen molar-refractivity contribution in [3.63, 3.8) is 0 Å². The minimum atomic E-state index is -3.26. The highest BCUT2D eigenvalue weighted by Gasteiger charge is 2.46. The van der Waals surface area contributed by atoms with Crippen LogP contribution in [0.15, 0.2) is 24.3 Å². The molecule has 0 aromatic heterocycles. The minimum Gasteiger partial charge on any atom is -0.443 e. The molecule has 6 nitrogen and oxygen atoms in total. The van der Waals surface area contributed by atoms with E-state index in [4.69, 9.17) is 0 Å². The summed E-state index contributed by atoms with van der Waals surface area (Å²) in [5, 5.41) is 12.4. The van der Waals surface area contributed by atoms with Crippen LogP contribution in [0, 0.1) is 10.1 Å². The van der Waals surface area contributed by atoms with E-state index in [1.807, 2.05) is 5.32 Å². The van der Waals surface area contributed by atoms with E-state index >= 15 is 0 Å². The highest BCUT2D eigenvalue weighted by Crippen LogP contribution is 2.34. The molecule has 1 aromatic rings. The summed E-state index contributed by atoms with van der Waals surface area (Å²) in [6, 6.07) is 3.03. The molecule has 1 amide bonds. The number of carbonyl (C=O) groups excluding carboxylic acids is 1. The second kappa shape index (κ2) is 4.21. The number of benzene rings is 1. The fourth-order valence-electron chi connectivity index (χ4n) is 1.63. The van der Waals surface area contributed by atoms with Gasteiger partial charge in [-0.05, 0) is 17.7 Å². The van der Waals surface area contributed by atoms with Gasteiger partial charge in [0.25, 0.3) is 5.69 Å². The second-order valence-corrected chi connectivity index (χ2v) is 3.76. The molecular formula is C10H8F2N2O4. The van der Waals surface area contributed by atoms with Crippen molar-refractivity contribution in [2.75, 3.05) is 6.61 Å². The summed E-state index contributed by atoms with van der Waals surface area (Å²) < 4.78 is 31.2. The van der Waals surface area contributed by atoms with Crippen molar-refractivity contribution in [1.82, 2.24) is 5.32 Å². The average molecular weight is 258 g/mol. The normalized spacial score (nSPS) is 21.9. The van der Waals surface area contributed by atoms with Crippen LogP contribution in [0.2, 0.25) is 0 Å². The number of halogens is 2. The molecule has 0 unspecified atom stereocenters. The van der Waals surface area contributed by atoms with E-state index in [1.165, 1.54) is 12.1 Å². The van der Waals surface area contributed by atoms with Crippen LogP contribution in [0.3, 0.4) is 0 Å².